The molecule has 0 radical (unpaired) electrons. The molecule has 0 N–H and O–H groups in total. The number of hydrogen-bond acceptors (Lipinski definition) is 0. The molecule has 0 aromatic heterocycles. The van der Waals surface area contributed by atoms with E-state index in [1.54, 1.807) is 0 Å². The largest absolute Gasteiger partial charge is 0.247 e. The van der Waals surface area contributed by atoms with Crippen LogP contribution in [0.3, 0.4) is 0 Å². The summed E-state index contributed by atoms with van der Waals surface area (Å²) < 4.78 is 12.6. The zero-order chi connectivity index (χ0) is 5.72. The van der Waals surface area contributed by atoms with Gasteiger partial charge in [-0.15, -0.1) is 0 Å². The van der Waals surface area contributed by atoms with Gasteiger partial charge < -0.3 is 0 Å². The van der Waals surface area contributed by atoms with Gasteiger partial charge in [-0.05, 0) is 30.6 Å². The highest BCUT2D eigenvalue weighted by atomic mass is 19.1. The van der Waals surface area contributed by atoms with E-state index in [9.17, 15) is 4.39 Å². The zero-order valence-electron chi connectivity index (χ0n) is 5.10. The Balaban J connectivity index is 2.09. The maximum atomic E-state index is 12.6. The molecule has 0 bridgehead atoms. The SMILES string of the molecule is C[C@@H]1CC(F)C2CC21. The molecule has 3 unspecified atom stereocenters. The molecule has 46 valence electrons. The van der Waals surface area contributed by atoms with E-state index in [-0.39, 0.29) is 0 Å². The molecule has 2 aliphatic carbocycles. The molecule has 2 rings (SSSR count). The van der Waals surface area contributed by atoms with Crippen molar-refractivity contribution in [3.05, 3.63) is 0 Å². The molecule has 0 aromatic carbocycles. The lowest BCUT2D eigenvalue weighted by atomic mass is 10.1. The minimum atomic E-state index is -0.435. The topological polar surface area (TPSA) is 0 Å². The highest BCUT2D eigenvalue weighted by molar-refractivity contribution is 5.01. The summed E-state index contributed by atoms with van der Waals surface area (Å²) in [5.74, 6) is 1.96. The van der Waals surface area contributed by atoms with Crippen molar-refractivity contribution in [2.75, 3.05) is 0 Å². The van der Waals surface area contributed by atoms with Gasteiger partial charge in [0.15, 0.2) is 0 Å². The summed E-state index contributed by atoms with van der Waals surface area (Å²) in [5, 5.41) is 0. The first-order valence-electron chi connectivity index (χ1n) is 3.43. The number of rotatable bonds is 0. The van der Waals surface area contributed by atoms with E-state index < -0.39 is 6.17 Å². The van der Waals surface area contributed by atoms with Gasteiger partial charge in [-0.1, -0.05) is 6.92 Å². The fraction of sp³-hybridized carbons (Fsp3) is 1.00. The van der Waals surface area contributed by atoms with E-state index in [1.807, 2.05) is 0 Å². The number of alkyl halides is 1. The molecular formula is C7H11F. The molecule has 1 heteroatoms. The molecule has 0 aliphatic heterocycles. The molecular weight excluding hydrogens is 103 g/mol. The molecule has 2 saturated carbocycles. The van der Waals surface area contributed by atoms with E-state index in [2.05, 4.69) is 6.92 Å². The Labute approximate surface area is 49.1 Å². The van der Waals surface area contributed by atoms with Crippen molar-refractivity contribution in [3.63, 3.8) is 0 Å². The van der Waals surface area contributed by atoms with Crippen LogP contribution in [0, 0.1) is 17.8 Å². The third-order valence-electron chi connectivity index (χ3n) is 2.68. The molecule has 2 aliphatic rings. The molecule has 0 aromatic rings. The van der Waals surface area contributed by atoms with Crippen molar-refractivity contribution >= 4 is 0 Å². The van der Waals surface area contributed by atoms with Crippen LogP contribution in [-0.4, -0.2) is 6.17 Å². The smallest absolute Gasteiger partial charge is 0.103 e. The molecule has 0 heterocycles. The van der Waals surface area contributed by atoms with E-state index in [0.29, 0.717) is 11.8 Å². The Morgan fingerprint density at radius 1 is 1.25 bits per heavy atom. The van der Waals surface area contributed by atoms with Gasteiger partial charge in [-0.25, -0.2) is 4.39 Å². The maximum Gasteiger partial charge on any atom is 0.103 e. The van der Waals surface area contributed by atoms with Crippen molar-refractivity contribution in [2.45, 2.75) is 25.9 Å². The van der Waals surface area contributed by atoms with Crippen molar-refractivity contribution in [1.82, 2.24) is 0 Å². The summed E-state index contributed by atoms with van der Waals surface area (Å²) in [6.45, 7) is 2.17. The molecule has 2 fully saturated rings. The van der Waals surface area contributed by atoms with Gasteiger partial charge in [0.05, 0.1) is 0 Å². The summed E-state index contributed by atoms with van der Waals surface area (Å²) >= 11 is 0. The van der Waals surface area contributed by atoms with Crippen molar-refractivity contribution in [1.29, 1.82) is 0 Å². The maximum absolute atomic E-state index is 12.6. The van der Waals surface area contributed by atoms with Gasteiger partial charge in [-0.2, -0.15) is 0 Å². The first-order chi connectivity index (χ1) is 3.79. The summed E-state index contributed by atoms with van der Waals surface area (Å²) in [5.41, 5.74) is 0. The minimum absolute atomic E-state index is 0.435. The molecule has 0 saturated heterocycles. The lowest BCUT2D eigenvalue weighted by molar-refractivity contribution is 0.293. The highest BCUT2D eigenvalue weighted by Gasteiger charge is 2.52. The normalized spacial score (nSPS) is 60.8. The van der Waals surface area contributed by atoms with Gasteiger partial charge in [0.1, 0.15) is 6.17 Å². The van der Waals surface area contributed by atoms with Crippen LogP contribution in [0.1, 0.15) is 19.8 Å². The quantitative estimate of drug-likeness (QED) is 0.452. The van der Waals surface area contributed by atoms with Crippen LogP contribution in [0.25, 0.3) is 0 Å². The third-order valence-corrected chi connectivity index (χ3v) is 2.68. The average Bonchev–Trinajstić information content (AvgIpc) is 2.35. The summed E-state index contributed by atoms with van der Waals surface area (Å²) in [4.78, 5) is 0. The van der Waals surface area contributed by atoms with Crippen LogP contribution in [0.2, 0.25) is 0 Å². The Morgan fingerprint density at radius 2 is 2.00 bits per heavy atom. The Morgan fingerprint density at radius 3 is 2.12 bits per heavy atom. The van der Waals surface area contributed by atoms with Crippen LogP contribution < -0.4 is 0 Å². The number of fused-ring (bicyclic) bond motifs is 1. The number of halogens is 1. The molecule has 8 heavy (non-hydrogen) atoms. The number of hydrogen-bond donors (Lipinski definition) is 0. The van der Waals surface area contributed by atoms with Crippen molar-refractivity contribution in [2.24, 2.45) is 17.8 Å². The van der Waals surface area contributed by atoms with Crippen LogP contribution in [0.5, 0.6) is 0 Å². The molecule has 0 amide bonds. The fourth-order valence-electron chi connectivity index (χ4n) is 2.01. The first kappa shape index (κ1) is 4.78. The molecule has 0 spiro atoms. The van der Waals surface area contributed by atoms with Crippen molar-refractivity contribution < 1.29 is 4.39 Å². The van der Waals surface area contributed by atoms with Gasteiger partial charge in [0, 0.05) is 0 Å². The predicted molar refractivity (Wildman–Crippen MR) is 30.3 cm³/mol. The second-order valence-corrected chi connectivity index (χ2v) is 3.29. The van der Waals surface area contributed by atoms with E-state index >= 15 is 0 Å². The van der Waals surface area contributed by atoms with E-state index in [4.69, 9.17) is 0 Å². The minimum Gasteiger partial charge on any atom is -0.247 e. The summed E-state index contributed by atoms with van der Waals surface area (Å²) in [6.07, 6.45) is 1.59. The molecule has 0 nitrogen and oxygen atoms in total. The van der Waals surface area contributed by atoms with Gasteiger partial charge in [0.25, 0.3) is 0 Å². The van der Waals surface area contributed by atoms with Crippen LogP contribution in [0.4, 0.5) is 4.39 Å². The Bertz CT molecular complexity index is 95.0. The van der Waals surface area contributed by atoms with Crippen molar-refractivity contribution in [3.8, 4) is 0 Å². The van der Waals surface area contributed by atoms with Gasteiger partial charge in [-0.3, -0.25) is 0 Å². The highest BCUT2D eigenvalue weighted by Crippen LogP contribution is 2.56. The third kappa shape index (κ3) is 0.448. The monoisotopic (exact) mass is 114 g/mol. The van der Waals surface area contributed by atoms with Crippen LogP contribution in [-0.2, 0) is 0 Å². The Hall–Kier alpha value is -0.0700. The fourth-order valence-corrected chi connectivity index (χ4v) is 2.01. The summed E-state index contributed by atoms with van der Waals surface area (Å²) in [7, 11) is 0. The lowest BCUT2D eigenvalue weighted by Gasteiger charge is -2.02. The zero-order valence-corrected chi connectivity index (χ0v) is 5.10. The second-order valence-electron chi connectivity index (χ2n) is 3.29. The van der Waals surface area contributed by atoms with Gasteiger partial charge in [0.2, 0.25) is 0 Å². The molecule has 4 atom stereocenters. The summed E-state index contributed by atoms with van der Waals surface area (Å²) in [6, 6.07) is 0. The van der Waals surface area contributed by atoms with E-state index in [0.717, 1.165) is 12.3 Å². The Kier molecular flexibility index (Phi) is 0.750. The standard InChI is InChI=1S/C7H11F/c1-4-2-7(8)6-3-5(4)6/h4-7H,2-3H2,1H3/t4-,5?,6?,7?/m1/s1. The van der Waals surface area contributed by atoms with Crippen LogP contribution in [0.15, 0.2) is 0 Å². The average molecular weight is 114 g/mol. The van der Waals surface area contributed by atoms with Crippen LogP contribution >= 0.6 is 0 Å². The lowest BCUT2D eigenvalue weighted by Crippen LogP contribution is -1.98. The second kappa shape index (κ2) is 1.26. The van der Waals surface area contributed by atoms with Gasteiger partial charge >= 0.3 is 0 Å². The first-order valence-corrected chi connectivity index (χ1v) is 3.43. The predicted octanol–water partition coefficient (Wildman–Crippen LogP) is 2.00. The van der Waals surface area contributed by atoms with E-state index in [1.165, 1.54) is 6.42 Å².